The molecule has 0 spiro atoms. The molecule has 2 N–H and O–H groups in total. The highest BCUT2D eigenvalue weighted by Crippen LogP contribution is 2.29. The van der Waals surface area contributed by atoms with Crippen LogP contribution in [0.2, 0.25) is 0 Å². The van der Waals surface area contributed by atoms with E-state index in [0.717, 1.165) is 11.1 Å². The third kappa shape index (κ3) is 7.88. The molecule has 6 nitrogen and oxygen atoms in total. The maximum atomic E-state index is 12.6. The molecule has 1 atom stereocenters. The first-order chi connectivity index (χ1) is 14.8. The van der Waals surface area contributed by atoms with Gasteiger partial charge in [-0.15, -0.1) is 0 Å². The number of hydrogen-bond acceptors (Lipinski definition) is 4. The van der Waals surface area contributed by atoms with Gasteiger partial charge in [-0.2, -0.15) is 8.78 Å². The lowest BCUT2D eigenvalue weighted by Crippen LogP contribution is -2.50. The maximum Gasteiger partial charge on any atom is 0.387 e. The monoisotopic (exact) mass is 434 g/mol. The highest BCUT2D eigenvalue weighted by Gasteiger charge is 2.24. The van der Waals surface area contributed by atoms with Gasteiger partial charge in [-0.05, 0) is 35.6 Å². The van der Waals surface area contributed by atoms with Crippen LogP contribution < -0.4 is 20.1 Å². The summed E-state index contributed by atoms with van der Waals surface area (Å²) in [4.78, 5) is 24.9. The zero-order valence-electron chi connectivity index (χ0n) is 17.9. The largest absolute Gasteiger partial charge is 0.493 e. The van der Waals surface area contributed by atoms with Gasteiger partial charge in [0.05, 0.1) is 13.5 Å². The van der Waals surface area contributed by atoms with Crippen molar-refractivity contribution in [3.05, 3.63) is 59.7 Å². The van der Waals surface area contributed by atoms with Gasteiger partial charge in [0, 0.05) is 6.54 Å². The molecule has 2 aromatic rings. The lowest BCUT2D eigenvalue weighted by Gasteiger charge is -2.22. The van der Waals surface area contributed by atoms with Crippen molar-refractivity contribution >= 4 is 11.8 Å². The summed E-state index contributed by atoms with van der Waals surface area (Å²) in [6.07, 6.45) is 0.657. The summed E-state index contributed by atoms with van der Waals surface area (Å²) in [5.41, 5.74) is 1.66. The fourth-order valence-electron chi connectivity index (χ4n) is 3.04. The first-order valence-electron chi connectivity index (χ1n) is 10.0. The first kappa shape index (κ1) is 24.1. The number of halogens is 2. The number of rotatable bonds is 11. The van der Waals surface area contributed by atoms with Gasteiger partial charge in [0.15, 0.2) is 11.5 Å². The van der Waals surface area contributed by atoms with Crippen LogP contribution in [0.3, 0.4) is 0 Å². The minimum Gasteiger partial charge on any atom is -0.493 e. The van der Waals surface area contributed by atoms with Gasteiger partial charge in [0.1, 0.15) is 6.04 Å². The van der Waals surface area contributed by atoms with E-state index in [1.54, 1.807) is 12.1 Å². The van der Waals surface area contributed by atoms with Crippen LogP contribution in [-0.2, 0) is 22.4 Å². The zero-order chi connectivity index (χ0) is 22.8. The van der Waals surface area contributed by atoms with Crippen molar-refractivity contribution in [1.29, 1.82) is 0 Å². The normalized spacial score (nSPS) is 11.8. The first-order valence-corrected chi connectivity index (χ1v) is 10.0. The molecule has 0 heterocycles. The van der Waals surface area contributed by atoms with Gasteiger partial charge in [0.2, 0.25) is 11.8 Å². The van der Waals surface area contributed by atoms with Crippen molar-refractivity contribution in [2.45, 2.75) is 39.3 Å². The van der Waals surface area contributed by atoms with E-state index in [4.69, 9.17) is 4.74 Å². The van der Waals surface area contributed by atoms with Gasteiger partial charge in [-0.3, -0.25) is 9.59 Å². The lowest BCUT2D eigenvalue weighted by molar-refractivity contribution is -0.129. The van der Waals surface area contributed by atoms with E-state index in [9.17, 15) is 18.4 Å². The summed E-state index contributed by atoms with van der Waals surface area (Å²) >= 11 is 0. The Morgan fingerprint density at radius 2 is 1.71 bits per heavy atom. The number of methoxy groups -OCH3 is 1. The molecule has 0 unspecified atom stereocenters. The van der Waals surface area contributed by atoms with E-state index in [2.05, 4.69) is 15.4 Å². The van der Waals surface area contributed by atoms with Crippen molar-refractivity contribution in [3.8, 4) is 11.5 Å². The molecule has 0 aliphatic heterocycles. The van der Waals surface area contributed by atoms with Crippen LogP contribution in [0.15, 0.2) is 48.5 Å². The Morgan fingerprint density at radius 3 is 2.32 bits per heavy atom. The standard InChI is InChI=1S/C23H28F2N2O4/c1-15(2)21(27-20(28)14-16-7-5-4-6-8-16)22(29)26-12-11-17-9-10-18(31-23(24)25)19(13-17)30-3/h4-10,13,15,21,23H,11-12,14H2,1-3H3,(H,26,29)(H,27,28)/t21-/m1/s1. The number of carbonyl (C=O) groups excluding carboxylic acids is 2. The van der Waals surface area contributed by atoms with Crippen LogP contribution in [0.4, 0.5) is 8.78 Å². The highest BCUT2D eigenvalue weighted by molar-refractivity contribution is 5.88. The SMILES string of the molecule is COc1cc(CCNC(=O)[C@H](NC(=O)Cc2ccccc2)C(C)C)ccc1OC(F)F. The van der Waals surface area contributed by atoms with E-state index in [0.29, 0.717) is 13.0 Å². The van der Waals surface area contributed by atoms with E-state index < -0.39 is 12.7 Å². The van der Waals surface area contributed by atoms with Crippen molar-refractivity contribution < 1.29 is 27.8 Å². The van der Waals surface area contributed by atoms with E-state index >= 15 is 0 Å². The molecule has 0 bridgehead atoms. The number of carbonyl (C=O) groups is 2. The molecule has 0 saturated carbocycles. The van der Waals surface area contributed by atoms with Crippen molar-refractivity contribution in [3.63, 3.8) is 0 Å². The highest BCUT2D eigenvalue weighted by atomic mass is 19.3. The lowest BCUT2D eigenvalue weighted by atomic mass is 10.0. The summed E-state index contributed by atoms with van der Waals surface area (Å²) in [7, 11) is 1.37. The van der Waals surface area contributed by atoms with Crippen LogP contribution in [-0.4, -0.2) is 38.1 Å². The molecule has 0 aliphatic rings. The Bertz CT molecular complexity index is 860. The van der Waals surface area contributed by atoms with E-state index in [1.165, 1.54) is 13.2 Å². The summed E-state index contributed by atoms with van der Waals surface area (Å²) in [5.74, 6) is -0.449. The van der Waals surface area contributed by atoms with Crippen LogP contribution >= 0.6 is 0 Å². The van der Waals surface area contributed by atoms with Crippen LogP contribution in [0, 0.1) is 5.92 Å². The van der Waals surface area contributed by atoms with Crippen molar-refractivity contribution in [1.82, 2.24) is 10.6 Å². The summed E-state index contributed by atoms with van der Waals surface area (Å²) < 4.78 is 34.3. The molecule has 8 heteroatoms. The molecule has 31 heavy (non-hydrogen) atoms. The number of amides is 2. The number of ether oxygens (including phenoxy) is 2. The average molecular weight is 434 g/mol. The summed E-state index contributed by atoms with van der Waals surface area (Å²) in [5, 5.41) is 5.62. The minimum atomic E-state index is -2.94. The van der Waals surface area contributed by atoms with Crippen LogP contribution in [0.5, 0.6) is 11.5 Å². The Kier molecular flexibility index (Phi) is 9.24. The smallest absolute Gasteiger partial charge is 0.387 e. The molecule has 0 saturated heterocycles. The number of benzene rings is 2. The molecule has 2 aromatic carbocycles. The molecular formula is C23H28F2N2O4. The van der Waals surface area contributed by atoms with Crippen LogP contribution in [0.1, 0.15) is 25.0 Å². The molecule has 2 rings (SSSR count). The minimum absolute atomic E-state index is 0.0497. The van der Waals surface area contributed by atoms with Gasteiger partial charge in [-0.1, -0.05) is 50.2 Å². The van der Waals surface area contributed by atoms with E-state index in [1.807, 2.05) is 44.2 Å². The van der Waals surface area contributed by atoms with Gasteiger partial charge >= 0.3 is 6.61 Å². The number of hydrogen-bond donors (Lipinski definition) is 2. The molecule has 0 aliphatic carbocycles. The fraction of sp³-hybridized carbons (Fsp3) is 0.391. The number of nitrogens with one attached hydrogen (secondary N) is 2. The fourth-order valence-corrected chi connectivity index (χ4v) is 3.04. The molecule has 168 valence electrons. The summed E-state index contributed by atoms with van der Waals surface area (Å²) in [6, 6.07) is 13.3. The van der Waals surface area contributed by atoms with Gasteiger partial charge < -0.3 is 20.1 Å². The van der Waals surface area contributed by atoms with Gasteiger partial charge in [0.25, 0.3) is 0 Å². The predicted octanol–water partition coefficient (Wildman–Crippen LogP) is 3.34. The van der Waals surface area contributed by atoms with Crippen molar-refractivity contribution in [2.75, 3.05) is 13.7 Å². The maximum absolute atomic E-state index is 12.6. The van der Waals surface area contributed by atoms with Crippen LogP contribution in [0.25, 0.3) is 0 Å². The second-order valence-electron chi connectivity index (χ2n) is 7.36. The average Bonchev–Trinajstić information content (AvgIpc) is 2.73. The van der Waals surface area contributed by atoms with E-state index in [-0.39, 0.29) is 35.7 Å². The molecule has 0 aromatic heterocycles. The van der Waals surface area contributed by atoms with Gasteiger partial charge in [-0.25, -0.2) is 0 Å². The van der Waals surface area contributed by atoms with Crippen molar-refractivity contribution in [2.24, 2.45) is 5.92 Å². The quantitative estimate of drug-likeness (QED) is 0.569. The predicted molar refractivity (Wildman–Crippen MR) is 113 cm³/mol. The topological polar surface area (TPSA) is 76.7 Å². The Morgan fingerprint density at radius 1 is 1.00 bits per heavy atom. The number of alkyl halides is 2. The Hall–Kier alpha value is -3.16. The molecule has 2 amide bonds. The summed E-state index contributed by atoms with van der Waals surface area (Å²) in [6.45, 7) is 1.10. The second-order valence-corrected chi connectivity index (χ2v) is 7.36. The zero-order valence-corrected chi connectivity index (χ0v) is 17.9. The second kappa shape index (κ2) is 11.9. The molecule has 0 fully saturated rings. The third-order valence-electron chi connectivity index (χ3n) is 4.63. The molecular weight excluding hydrogens is 406 g/mol. The molecule has 0 radical (unpaired) electrons. The Labute approximate surface area is 180 Å². The third-order valence-corrected chi connectivity index (χ3v) is 4.63. The Balaban J connectivity index is 1.89.